The Morgan fingerprint density at radius 1 is 1.42 bits per heavy atom. The molecule has 0 aliphatic carbocycles. The molecule has 0 aromatic heterocycles. The van der Waals surface area contributed by atoms with Gasteiger partial charge >= 0.3 is 0 Å². The van der Waals surface area contributed by atoms with E-state index in [1.54, 1.807) is 0 Å². The maximum Gasteiger partial charge on any atom is 0.123 e. The number of carbonyl (C=O) groups is 1. The zero-order valence-corrected chi connectivity index (χ0v) is 6.58. The van der Waals surface area contributed by atoms with E-state index < -0.39 is 11.9 Å². The summed E-state index contributed by atoms with van der Waals surface area (Å²) in [5.74, 6) is -2.21. The van der Waals surface area contributed by atoms with Crippen molar-refractivity contribution in [1.29, 1.82) is 0 Å². The summed E-state index contributed by atoms with van der Waals surface area (Å²) in [7, 11) is 0. The first-order valence-corrected chi connectivity index (χ1v) is 3.57. The van der Waals surface area contributed by atoms with Crippen LogP contribution in [0.25, 0.3) is 0 Å². The third-order valence-electron chi connectivity index (χ3n) is 1.72. The van der Waals surface area contributed by atoms with Crippen LogP contribution in [0.15, 0.2) is 24.3 Å². The predicted octanol–water partition coefficient (Wildman–Crippen LogP) is 0.679. The number of halogens is 1. The molecule has 1 aromatic carbocycles. The Morgan fingerprint density at radius 3 is 2.33 bits per heavy atom. The predicted molar refractivity (Wildman–Crippen MR) is 39.8 cm³/mol. The van der Waals surface area contributed by atoms with Crippen LogP contribution in [0.3, 0.4) is 0 Å². The van der Waals surface area contributed by atoms with Gasteiger partial charge in [-0.3, -0.25) is 0 Å². The van der Waals surface area contributed by atoms with Crippen LogP contribution in [0.2, 0.25) is 0 Å². The van der Waals surface area contributed by atoms with E-state index in [9.17, 15) is 14.3 Å². The second-order valence-corrected chi connectivity index (χ2v) is 2.59. The van der Waals surface area contributed by atoms with Crippen molar-refractivity contribution in [2.24, 2.45) is 0 Å². The zero-order chi connectivity index (χ0) is 9.14. The molecule has 0 radical (unpaired) electrons. The van der Waals surface area contributed by atoms with E-state index in [1.807, 2.05) is 0 Å². The van der Waals surface area contributed by atoms with Crippen LogP contribution >= 0.6 is 0 Å². The minimum absolute atomic E-state index is 0.371. The average Bonchev–Trinajstić information content (AvgIpc) is 2.04. The monoisotopic (exact) mass is 167 g/mol. The highest BCUT2D eigenvalue weighted by Gasteiger charge is 2.05. The van der Waals surface area contributed by atoms with Crippen LogP contribution in [0, 0.1) is 5.82 Å². The lowest BCUT2D eigenvalue weighted by Crippen LogP contribution is -2.27. The van der Waals surface area contributed by atoms with E-state index in [4.69, 9.17) is 0 Å². The first-order valence-electron chi connectivity index (χ1n) is 3.57. The molecule has 0 heterocycles. The maximum atomic E-state index is 12.4. The molecule has 0 bridgehead atoms. The lowest BCUT2D eigenvalue weighted by Gasteiger charge is -2.11. The smallest absolute Gasteiger partial charge is 0.123 e. The summed E-state index contributed by atoms with van der Waals surface area (Å²) in [6.07, 6.45) is 0. The Hall–Kier alpha value is -1.38. The molecule has 64 valence electrons. The number of hydrogen-bond donors (Lipinski definition) is 0. The average molecular weight is 167 g/mol. The summed E-state index contributed by atoms with van der Waals surface area (Å²) in [5, 5.41) is 10.4. The molecule has 0 amide bonds. The molecule has 3 heteroatoms. The fraction of sp³-hybridized carbons (Fsp3) is 0.222. The van der Waals surface area contributed by atoms with E-state index in [2.05, 4.69) is 0 Å². The number of rotatable bonds is 2. The second-order valence-electron chi connectivity index (χ2n) is 2.59. The summed E-state index contributed by atoms with van der Waals surface area (Å²) in [4.78, 5) is 10.4. The van der Waals surface area contributed by atoms with Crippen LogP contribution < -0.4 is 5.11 Å². The third kappa shape index (κ3) is 1.81. The number of carbonyl (C=O) groups excluding carboxylic acids is 1. The van der Waals surface area contributed by atoms with Gasteiger partial charge in [0.2, 0.25) is 0 Å². The highest BCUT2D eigenvalue weighted by Crippen LogP contribution is 2.14. The largest absolute Gasteiger partial charge is 0.550 e. The van der Waals surface area contributed by atoms with E-state index in [-0.39, 0.29) is 5.82 Å². The first-order chi connectivity index (χ1) is 5.61. The van der Waals surface area contributed by atoms with Crippen LogP contribution in [0.5, 0.6) is 0 Å². The molecule has 1 rings (SSSR count). The summed E-state index contributed by atoms with van der Waals surface area (Å²) in [6, 6.07) is 5.34. The molecule has 0 spiro atoms. The lowest BCUT2D eigenvalue weighted by atomic mass is 10.0. The molecule has 0 fully saturated rings. The molecule has 0 saturated heterocycles. The van der Waals surface area contributed by atoms with Crippen LogP contribution in [-0.4, -0.2) is 5.97 Å². The Labute approximate surface area is 69.6 Å². The molecule has 0 saturated carbocycles. The van der Waals surface area contributed by atoms with E-state index in [0.717, 1.165) is 0 Å². The lowest BCUT2D eigenvalue weighted by molar-refractivity contribution is -0.307. The Balaban J connectivity index is 2.89. The van der Waals surface area contributed by atoms with Gasteiger partial charge in [0.05, 0.1) is 0 Å². The van der Waals surface area contributed by atoms with Gasteiger partial charge in [-0.1, -0.05) is 19.1 Å². The number of carboxylic acid groups (broad SMARTS) is 1. The third-order valence-corrected chi connectivity index (χ3v) is 1.72. The van der Waals surface area contributed by atoms with E-state index in [1.165, 1.54) is 31.2 Å². The van der Waals surface area contributed by atoms with Gasteiger partial charge < -0.3 is 9.90 Å². The second kappa shape index (κ2) is 3.34. The Kier molecular flexibility index (Phi) is 2.43. The van der Waals surface area contributed by atoms with Crippen molar-refractivity contribution < 1.29 is 14.3 Å². The van der Waals surface area contributed by atoms with Crippen molar-refractivity contribution in [1.82, 2.24) is 0 Å². The number of benzene rings is 1. The molecule has 1 atom stereocenters. The highest BCUT2D eigenvalue weighted by molar-refractivity contribution is 5.73. The summed E-state index contributed by atoms with van der Waals surface area (Å²) >= 11 is 0. The van der Waals surface area contributed by atoms with Crippen molar-refractivity contribution >= 4 is 5.97 Å². The van der Waals surface area contributed by atoms with Gasteiger partial charge in [0.15, 0.2) is 0 Å². The molecule has 1 aromatic rings. The van der Waals surface area contributed by atoms with Gasteiger partial charge in [0, 0.05) is 11.9 Å². The molecule has 12 heavy (non-hydrogen) atoms. The Bertz CT molecular complexity index is 279. The van der Waals surface area contributed by atoms with Crippen LogP contribution in [0.4, 0.5) is 4.39 Å². The maximum absolute atomic E-state index is 12.4. The first kappa shape index (κ1) is 8.71. The Morgan fingerprint density at radius 2 is 1.92 bits per heavy atom. The molecular weight excluding hydrogens is 159 g/mol. The van der Waals surface area contributed by atoms with Crippen molar-refractivity contribution in [2.75, 3.05) is 0 Å². The normalized spacial score (nSPS) is 12.5. The van der Waals surface area contributed by atoms with Gasteiger partial charge in [0.1, 0.15) is 5.82 Å². The molecule has 0 aliphatic heterocycles. The van der Waals surface area contributed by atoms with E-state index >= 15 is 0 Å². The molecule has 0 N–H and O–H groups in total. The van der Waals surface area contributed by atoms with Crippen LogP contribution in [-0.2, 0) is 4.79 Å². The minimum Gasteiger partial charge on any atom is -0.550 e. The summed E-state index contributed by atoms with van der Waals surface area (Å²) in [6.45, 7) is 1.50. The van der Waals surface area contributed by atoms with Gasteiger partial charge in [-0.2, -0.15) is 0 Å². The zero-order valence-electron chi connectivity index (χ0n) is 6.58. The van der Waals surface area contributed by atoms with E-state index in [0.29, 0.717) is 5.56 Å². The van der Waals surface area contributed by atoms with Gasteiger partial charge in [-0.05, 0) is 17.7 Å². The van der Waals surface area contributed by atoms with Crippen molar-refractivity contribution in [3.63, 3.8) is 0 Å². The summed E-state index contributed by atoms with van der Waals surface area (Å²) < 4.78 is 12.4. The molecular formula is C9H8FO2-. The standard InChI is InChI=1S/C9H9FO2/c1-6(9(11)12)7-2-4-8(10)5-3-7/h2-6H,1H3,(H,11,12)/p-1/t6-/m0/s1. The fourth-order valence-electron chi connectivity index (χ4n) is 0.888. The topological polar surface area (TPSA) is 40.1 Å². The van der Waals surface area contributed by atoms with Crippen molar-refractivity contribution in [3.05, 3.63) is 35.6 Å². The number of carboxylic acids is 1. The molecule has 0 unspecified atom stereocenters. The van der Waals surface area contributed by atoms with Gasteiger partial charge in [-0.15, -0.1) is 0 Å². The highest BCUT2D eigenvalue weighted by atomic mass is 19.1. The van der Waals surface area contributed by atoms with Gasteiger partial charge in [-0.25, -0.2) is 4.39 Å². The van der Waals surface area contributed by atoms with Crippen molar-refractivity contribution in [2.45, 2.75) is 12.8 Å². The van der Waals surface area contributed by atoms with Crippen molar-refractivity contribution in [3.8, 4) is 0 Å². The quantitative estimate of drug-likeness (QED) is 0.649. The number of hydrogen-bond acceptors (Lipinski definition) is 2. The summed E-state index contributed by atoms with van der Waals surface area (Å²) in [5.41, 5.74) is 0.552. The minimum atomic E-state index is -1.15. The van der Waals surface area contributed by atoms with Gasteiger partial charge in [0.25, 0.3) is 0 Å². The molecule has 0 aliphatic rings. The van der Waals surface area contributed by atoms with Crippen LogP contribution in [0.1, 0.15) is 18.4 Å². The molecule has 2 nitrogen and oxygen atoms in total. The fourth-order valence-corrected chi connectivity index (χ4v) is 0.888. The SMILES string of the molecule is C[C@H](C(=O)[O-])c1ccc(F)cc1. The number of aliphatic carboxylic acids is 1.